The highest BCUT2D eigenvalue weighted by Gasteiger charge is 2.13. The molecule has 3 aromatic heterocycles. The molecule has 1 aromatic carbocycles. The van der Waals surface area contributed by atoms with E-state index in [1.165, 1.54) is 0 Å². The topological polar surface area (TPSA) is 72.4 Å². The Bertz CT molecular complexity index is 1080. The van der Waals surface area contributed by atoms with E-state index in [9.17, 15) is 9.90 Å². The first-order chi connectivity index (χ1) is 11.0. The summed E-state index contributed by atoms with van der Waals surface area (Å²) in [6.45, 7) is 1.96. The van der Waals surface area contributed by atoms with Crippen molar-refractivity contribution in [3.63, 3.8) is 0 Å². The van der Waals surface area contributed by atoms with Crippen molar-refractivity contribution in [1.29, 1.82) is 0 Å². The summed E-state index contributed by atoms with van der Waals surface area (Å²) < 4.78 is 3.76. The van der Waals surface area contributed by atoms with Crippen LogP contribution in [0.5, 0.6) is 0 Å². The molecule has 0 radical (unpaired) electrons. The molecule has 4 aromatic rings. The van der Waals surface area contributed by atoms with Crippen LogP contribution in [-0.2, 0) is 7.05 Å². The second-order valence-electron chi connectivity index (χ2n) is 5.51. The predicted octanol–water partition coefficient (Wildman–Crippen LogP) is 2.89. The Morgan fingerprint density at radius 3 is 2.83 bits per heavy atom. The summed E-state index contributed by atoms with van der Waals surface area (Å²) in [6, 6.07) is 9.22. The molecule has 4 rings (SSSR count). The number of fused-ring (bicyclic) bond motifs is 2. The number of aromatic nitrogens is 4. The smallest absolute Gasteiger partial charge is 0.339 e. The number of aryl methyl sites for hydroxylation is 2. The second-order valence-corrected chi connectivity index (χ2v) is 5.51. The molecule has 0 aliphatic heterocycles. The lowest BCUT2D eigenvalue weighted by Crippen LogP contribution is -1.99. The molecule has 1 N–H and O–H groups in total. The van der Waals surface area contributed by atoms with Crippen LogP contribution in [0.25, 0.3) is 27.9 Å². The van der Waals surface area contributed by atoms with Gasteiger partial charge in [0.2, 0.25) is 0 Å². The van der Waals surface area contributed by atoms with Crippen molar-refractivity contribution in [3.05, 3.63) is 54.1 Å². The number of imidazole rings is 2. The van der Waals surface area contributed by atoms with Crippen molar-refractivity contribution in [1.82, 2.24) is 18.9 Å². The molecule has 0 unspecified atom stereocenters. The molecule has 0 amide bonds. The summed E-state index contributed by atoms with van der Waals surface area (Å²) >= 11 is 0. The molecule has 3 heterocycles. The molecule has 114 valence electrons. The fourth-order valence-electron chi connectivity index (χ4n) is 2.80. The van der Waals surface area contributed by atoms with E-state index in [1.807, 2.05) is 42.9 Å². The van der Waals surface area contributed by atoms with Gasteiger partial charge in [0.15, 0.2) is 5.65 Å². The van der Waals surface area contributed by atoms with Gasteiger partial charge in [-0.25, -0.2) is 14.8 Å². The average molecular weight is 306 g/mol. The van der Waals surface area contributed by atoms with E-state index in [-0.39, 0.29) is 5.56 Å². The zero-order chi connectivity index (χ0) is 16.1. The van der Waals surface area contributed by atoms with Crippen LogP contribution in [0.1, 0.15) is 16.2 Å². The number of hydrogen-bond donors (Lipinski definition) is 1. The minimum atomic E-state index is -0.983. The Hall–Kier alpha value is -3.15. The number of carboxylic acid groups (broad SMARTS) is 1. The van der Waals surface area contributed by atoms with Crippen LogP contribution < -0.4 is 0 Å². The van der Waals surface area contributed by atoms with Gasteiger partial charge in [0.1, 0.15) is 11.4 Å². The van der Waals surface area contributed by atoms with Crippen molar-refractivity contribution in [3.8, 4) is 11.3 Å². The Morgan fingerprint density at radius 1 is 1.22 bits per heavy atom. The lowest BCUT2D eigenvalue weighted by molar-refractivity contribution is 0.0698. The zero-order valence-electron chi connectivity index (χ0n) is 12.7. The maximum absolute atomic E-state index is 11.3. The summed E-state index contributed by atoms with van der Waals surface area (Å²) in [7, 11) is 1.98. The van der Waals surface area contributed by atoms with Gasteiger partial charge < -0.3 is 14.1 Å². The quantitative estimate of drug-likeness (QED) is 0.618. The van der Waals surface area contributed by atoms with E-state index in [4.69, 9.17) is 0 Å². The van der Waals surface area contributed by atoms with E-state index in [0.29, 0.717) is 5.65 Å². The third kappa shape index (κ3) is 1.99. The first-order valence-electron chi connectivity index (χ1n) is 7.19. The number of pyridine rings is 1. The summed E-state index contributed by atoms with van der Waals surface area (Å²) in [5, 5.41) is 9.27. The monoisotopic (exact) mass is 306 g/mol. The van der Waals surface area contributed by atoms with Gasteiger partial charge in [-0.05, 0) is 31.2 Å². The summed E-state index contributed by atoms with van der Waals surface area (Å²) in [4.78, 5) is 20.3. The second kappa shape index (κ2) is 4.67. The molecule has 0 aliphatic carbocycles. The normalized spacial score (nSPS) is 11.4. The van der Waals surface area contributed by atoms with E-state index in [0.717, 1.165) is 28.1 Å². The molecule has 23 heavy (non-hydrogen) atoms. The first-order valence-corrected chi connectivity index (χ1v) is 7.19. The van der Waals surface area contributed by atoms with Crippen molar-refractivity contribution in [2.75, 3.05) is 0 Å². The summed E-state index contributed by atoms with van der Waals surface area (Å²) in [6.07, 6.45) is 3.63. The molecule has 6 nitrogen and oxygen atoms in total. The van der Waals surface area contributed by atoms with Crippen LogP contribution in [0.4, 0.5) is 0 Å². The SMILES string of the molecule is Cc1nc2cc(-c3cn4cccc(C(=O)O)c4n3)ccc2n1C. The summed E-state index contributed by atoms with van der Waals surface area (Å²) in [5.41, 5.74) is 4.22. The van der Waals surface area contributed by atoms with Crippen molar-refractivity contribution < 1.29 is 9.90 Å². The highest BCUT2D eigenvalue weighted by Crippen LogP contribution is 2.25. The van der Waals surface area contributed by atoms with Gasteiger partial charge in [0, 0.05) is 25.0 Å². The number of carbonyl (C=O) groups is 1. The van der Waals surface area contributed by atoms with E-state index < -0.39 is 5.97 Å². The van der Waals surface area contributed by atoms with Crippen LogP contribution in [0.15, 0.2) is 42.7 Å². The first kappa shape index (κ1) is 13.5. The van der Waals surface area contributed by atoms with Crippen molar-refractivity contribution in [2.24, 2.45) is 7.05 Å². The van der Waals surface area contributed by atoms with Crippen molar-refractivity contribution >= 4 is 22.6 Å². The predicted molar refractivity (Wildman–Crippen MR) is 86.6 cm³/mol. The fourth-order valence-corrected chi connectivity index (χ4v) is 2.80. The minimum absolute atomic E-state index is 0.188. The minimum Gasteiger partial charge on any atom is -0.478 e. The molecule has 0 aliphatic rings. The van der Waals surface area contributed by atoms with Gasteiger partial charge in [0.25, 0.3) is 0 Å². The fraction of sp³-hybridized carbons (Fsp3) is 0.118. The molecule has 6 heteroatoms. The number of aromatic carboxylic acids is 1. The number of hydrogen-bond acceptors (Lipinski definition) is 3. The third-order valence-electron chi connectivity index (χ3n) is 4.11. The third-order valence-corrected chi connectivity index (χ3v) is 4.11. The highest BCUT2D eigenvalue weighted by molar-refractivity contribution is 5.95. The van der Waals surface area contributed by atoms with Gasteiger partial charge >= 0.3 is 5.97 Å². The molecule has 0 atom stereocenters. The number of benzene rings is 1. The standard InChI is InChI=1S/C17H14N4O2/c1-10-18-13-8-11(5-6-15(13)20(10)2)14-9-21-7-3-4-12(17(22)23)16(21)19-14/h3-9H,1-2H3,(H,22,23). The molecular weight excluding hydrogens is 292 g/mol. The molecular formula is C17H14N4O2. The Balaban J connectivity index is 1.92. The maximum atomic E-state index is 11.3. The lowest BCUT2D eigenvalue weighted by Gasteiger charge is -1.98. The molecule has 0 fully saturated rings. The molecule has 0 saturated carbocycles. The van der Waals surface area contributed by atoms with Gasteiger partial charge in [-0.15, -0.1) is 0 Å². The van der Waals surface area contributed by atoms with E-state index in [2.05, 4.69) is 9.97 Å². The van der Waals surface area contributed by atoms with Gasteiger partial charge in [-0.3, -0.25) is 0 Å². The lowest BCUT2D eigenvalue weighted by atomic mass is 10.1. The van der Waals surface area contributed by atoms with Crippen LogP contribution in [0, 0.1) is 6.92 Å². The largest absolute Gasteiger partial charge is 0.478 e. The number of rotatable bonds is 2. The number of nitrogens with zero attached hydrogens (tertiary/aromatic N) is 4. The van der Waals surface area contributed by atoms with Gasteiger partial charge in [0.05, 0.1) is 16.7 Å². The van der Waals surface area contributed by atoms with E-state index in [1.54, 1.807) is 22.7 Å². The highest BCUT2D eigenvalue weighted by atomic mass is 16.4. The van der Waals surface area contributed by atoms with Crippen molar-refractivity contribution in [2.45, 2.75) is 6.92 Å². The van der Waals surface area contributed by atoms with Gasteiger partial charge in [-0.1, -0.05) is 6.07 Å². The van der Waals surface area contributed by atoms with Crippen LogP contribution >= 0.6 is 0 Å². The van der Waals surface area contributed by atoms with Crippen LogP contribution in [-0.4, -0.2) is 30.0 Å². The average Bonchev–Trinajstić information content (AvgIpc) is 3.08. The Labute approximate surface area is 131 Å². The van der Waals surface area contributed by atoms with Crippen LogP contribution in [0.3, 0.4) is 0 Å². The molecule has 0 spiro atoms. The number of carboxylic acids is 1. The van der Waals surface area contributed by atoms with Gasteiger partial charge in [-0.2, -0.15) is 0 Å². The zero-order valence-corrected chi connectivity index (χ0v) is 12.7. The van der Waals surface area contributed by atoms with Crippen LogP contribution in [0.2, 0.25) is 0 Å². The maximum Gasteiger partial charge on any atom is 0.339 e. The molecule has 0 saturated heterocycles. The Kier molecular flexibility index (Phi) is 2.74. The molecule has 0 bridgehead atoms. The Morgan fingerprint density at radius 2 is 2.04 bits per heavy atom. The summed E-state index contributed by atoms with van der Waals surface area (Å²) in [5.74, 6) is -0.0381. The van der Waals surface area contributed by atoms with E-state index >= 15 is 0 Å².